The third kappa shape index (κ3) is 3.86. The van der Waals surface area contributed by atoms with Crippen LogP contribution in [0.5, 0.6) is 0 Å². The summed E-state index contributed by atoms with van der Waals surface area (Å²) in [4.78, 5) is 16.5. The minimum absolute atomic E-state index is 0.173. The molecule has 1 aromatic carbocycles. The molecule has 0 fully saturated rings. The molecule has 0 spiro atoms. The fourth-order valence-corrected chi connectivity index (χ4v) is 2.11. The fraction of sp³-hybridized carbons (Fsp3) is 0.200. The summed E-state index contributed by atoms with van der Waals surface area (Å²) in [6, 6.07) is 8.68. The molecule has 0 unspecified atom stereocenters. The molecular weight excluding hydrogens is 309 g/mol. The monoisotopic (exact) mass is 323 g/mol. The number of aryl methyl sites for hydroxylation is 1. The van der Waals surface area contributed by atoms with E-state index < -0.39 is 0 Å². The van der Waals surface area contributed by atoms with Crippen LogP contribution in [0.1, 0.15) is 23.0 Å². The summed E-state index contributed by atoms with van der Waals surface area (Å²) in [6.07, 6.45) is 0. The lowest BCUT2D eigenvalue weighted by atomic mass is 10.2. The van der Waals surface area contributed by atoms with E-state index in [9.17, 15) is 4.79 Å². The Hall–Kier alpha value is -1.78. The summed E-state index contributed by atoms with van der Waals surface area (Å²) >= 11 is 12.1. The molecule has 6 heteroatoms. The highest BCUT2D eigenvalue weighted by molar-refractivity contribution is 6.34. The number of carbonyl (C=O) groups excluding carboxylic acids is 1. The van der Waals surface area contributed by atoms with Gasteiger partial charge in [0, 0.05) is 17.3 Å². The average molecular weight is 324 g/mol. The lowest BCUT2D eigenvalue weighted by Gasteiger charge is -2.09. The minimum Gasteiger partial charge on any atom is -0.370 e. The molecular formula is C15H15Cl2N3O. The van der Waals surface area contributed by atoms with Crippen molar-refractivity contribution in [1.82, 2.24) is 4.98 Å². The van der Waals surface area contributed by atoms with E-state index in [1.54, 1.807) is 24.3 Å². The Morgan fingerprint density at radius 2 is 1.95 bits per heavy atom. The molecule has 0 saturated carbocycles. The predicted octanol–water partition coefficient (Wildman–Crippen LogP) is 4.38. The van der Waals surface area contributed by atoms with Crippen LogP contribution in [0.25, 0.3) is 0 Å². The highest BCUT2D eigenvalue weighted by Crippen LogP contribution is 2.22. The van der Waals surface area contributed by atoms with Crippen LogP contribution in [-0.4, -0.2) is 17.4 Å². The summed E-state index contributed by atoms with van der Waals surface area (Å²) < 4.78 is 0. The summed E-state index contributed by atoms with van der Waals surface area (Å²) in [5.41, 5.74) is 1.72. The van der Waals surface area contributed by atoms with E-state index in [0.717, 1.165) is 5.56 Å². The number of pyridine rings is 1. The average Bonchev–Trinajstić information content (AvgIpc) is 2.45. The van der Waals surface area contributed by atoms with E-state index in [0.29, 0.717) is 28.1 Å². The first-order valence-corrected chi connectivity index (χ1v) is 7.24. The highest BCUT2D eigenvalue weighted by atomic mass is 35.5. The molecule has 0 aliphatic heterocycles. The molecule has 1 aromatic heterocycles. The van der Waals surface area contributed by atoms with Crippen molar-refractivity contribution in [3.63, 3.8) is 0 Å². The SMILES string of the molecule is CCNc1ccc(Cl)c(C(=O)Nc2ccc(C)c(Cl)c2)n1. The van der Waals surface area contributed by atoms with Gasteiger partial charge in [-0.05, 0) is 43.7 Å². The number of anilines is 2. The molecule has 0 aliphatic rings. The first-order chi connectivity index (χ1) is 10.0. The zero-order chi connectivity index (χ0) is 15.4. The molecule has 2 aromatic rings. The van der Waals surface area contributed by atoms with Crippen molar-refractivity contribution < 1.29 is 4.79 Å². The second-order valence-corrected chi connectivity index (χ2v) is 5.29. The second-order valence-electron chi connectivity index (χ2n) is 4.48. The number of amides is 1. The van der Waals surface area contributed by atoms with Gasteiger partial charge in [0.2, 0.25) is 0 Å². The number of hydrogen-bond acceptors (Lipinski definition) is 3. The largest absolute Gasteiger partial charge is 0.370 e. The molecule has 2 rings (SSSR count). The van der Waals surface area contributed by atoms with Crippen LogP contribution in [0.2, 0.25) is 10.0 Å². The van der Waals surface area contributed by atoms with Crippen LogP contribution in [0.15, 0.2) is 30.3 Å². The number of nitrogens with one attached hydrogen (secondary N) is 2. The van der Waals surface area contributed by atoms with Gasteiger partial charge in [0.25, 0.3) is 5.91 Å². The van der Waals surface area contributed by atoms with Crippen LogP contribution >= 0.6 is 23.2 Å². The smallest absolute Gasteiger partial charge is 0.275 e. The lowest BCUT2D eigenvalue weighted by molar-refractivity contribution is 0.102. The third-order valence-corrected chi connectivity index (χ3v) is 3.56. The number of carbonyl (C=O) groups is 1. The van der Waals surface area contributed by atoms with Crippen molar-refractivity contribution in [2.24, 2.45) is 0 Å². The van der Waals surface area contributed by atoms with Crippen molar-refractivity contribution >= 4 is 40.6 Å². The number of rotatable bonds is 4. The van der Waals surface area contributed by atoms with Gasteiger partial charge in [-0.15, -0.1) is 0 Å². The Bertz CT molecular complexity index is 674. The van der Waals surface area contributed by atoms with Gasteiger partial charge >= 0.3 is 0 Å². The van der Waals surface area contributed by atoms with E-state index in [1.165, 1.54) is 0 Å². The maximum atomic E-state index is 12.3. The maximum Gasteiger partial charge on any atom is 0.275 e. The van der Waals surface area contributed by atoms with Gasteiger partial charge < -0.3 is 10.6 Å². The first-order valence-electron chi connectivity index (χ1n) is 6.49. The molecule has 4 nitrogen and oxygen atoms in total. The Morgan fingerprint density at radius 1 is 1.19 bits per heavy atom. The van der Waals surface area contributed by atoms with E-state index in [4.69, 9.17) is 23.2 Å². The molecule has 1 heterocycles. The molecule has 0 saturated heterocycles. The number of aromatic nitrogens is 1. The highest BCUT2D eigenvalue weighted by Gasteiger charge is 2.14. The van der Waals surface area contributed by atoms with Crippen LogP contribution in [0, 0.1) is 6.92 Å². The Kier molecular flexibility index (Phi) is 5.04. The molecule has 21 heavy (non-hydrogen) atoms. The number of benzene rings is 1. The summed E-state index contributed by atoms with van der Waals surface area (Å²) in [5.74, 6) is 0.230. The van der Waals surface area contributed by atoms with Crippen LogP contribution in [0.4, 0.5) is 11.5 Å². The summed E-state index contributed by atoms with van der Waals surface area (Å²) in [5, 5.41) is 6.67. The summed E-state index contributed by atoms with van der Waals surface area (Å²) in [7, 11) is 0. The topological polar surface area (TPSA) is 54.0 Å². The minimum atomic E-state index is -0.375. The van der Waals surface area contributed by atoms with E-state index in [1.807, 2.05) is 19.9 Å². The predicted molar refractivity (Wildman–Crippen MR) is 87.6 cm³/mol. The van der Waals surface area contributed by atoms with Gasteiger partial charge in [0.1, 0.15) is 11.5 Å². The fourth-order valence-electron chi connectivity index (χ4n) is 1.74. The normalized spacial score (nSPS) is 10.3. The second kappa shape index (κ2) is 6.78. The molecule has 0 aliphatic carbocycles. The number of halogens is 2. The standard InChI is InChI=1S/C15H15Cl2N3O/c1-3-18-13-7-6-11(16)14(20-13)15(21)19-10-5-4-9(2)12(17)8-10/h4-8H,3H2,1-2H3,(H,18,20)(H,19,21). The van der Waals surface area contributed by atoms with Gasteiger partial charge in [-0.2, -0.15) is 0 Å². The van der Waals surface area contributed by atoms with Gasteiger partial charge in [-0.3, -0.25) is 4.79 Å². The quantitative estimate of drug-likeness (QED) is 0.877. The number of nitrogens with zero attached hydrogens (tertiary/aromatic N) is 1. The molecule has 0 radical (unpaired) electrons. The molecule has 0 atom stereocenters. The summed E-state index contributed by atoms with van der Waals surface area (Å²) in [6.45, 7) is 4.56. The zero-order valence-electron chi connectivity index (χ0n) is 11.7. The molecule has 110 valence electrons. The van der Waals surface area contributed by atoms with Crippen LogP contribution < -0.4 is 10.6 Å². The van der Waals surface area contributed by atoms with Gasteiger partial charge in [-0.25, -0.2) is 4.98 Å². The van der Waals surface area contributed by atoms with Crippen molar-refractivity contribution in [2.45, 2.75) is 13.8 Å². The molecule has 0 bridgehead atoms. The third-order valence-electron chi connectivity index (χ3n) is 2.85. The van der Waals surface area contributed by atoms with E-state index in [-0.39, 0.29) is 11.6 Å². The van der Waals surface area contributed by atoms with E-state index >= 15 is 0 Å². The van der Waals surface area contributed by atoms with Gasteiger partial charge in [0.15, 0.2) is 0 Å². The van der Waals surface area contributed by atoms with Crippen molar-refractivity contribution in [2.75, 3.05) is 17.2 Å². The van der Waals surface area contributed by atoms with Crippen molar-refractivity contribution in [3.8, 4) is 0 Å². The lowest BCUT2D eigenvalue weighted by Crippen LogP contribution is -2.15. The number of hydrogen-bond donors (Lipinski definition) is 2. The van der Waals surface area contributed by atoms with E-state index in [2.05, 4.69) is 15.6 Å². The van der Waals surface area contributed by atoms with Crippen LogP contribution in [0.3, 0.4) is 0 Å². The van der Waals surface area contributed by atoms with Crippen LogP contribution in [-0.2, 0) is 0 Å². The molecule has 1 amide bonds. The Labute approximate surface area is 133 Å². The Morgan fingerprint density at radius 3 is 2.62 bits per heavy atom. The van der Waals surface area contributed by atoms with Crippen molar-refractivity contribution in [1.29, 1.82) is 0 Å². The van der Waals surface area contributed by atoms with Crippen molar-refractivity contribution in [3.05, 3.63) is 51.6 Å². The first kappa shape index (κ1) is 15.6. The Balaban J connectivity index is 2.23. The maximum absolute atomic E-state index is 12.3. The van der Waals surface area contributed by atoms with Gasteiger partial charge in [0.05, 0.1) is 5.02 Å². The van der Waals surface area contributed by atoms with Gasteiger partial charge in [-0.1, -0.05) is 29.3 Å². The molecule has 2 N–H and O–H groups in total. The zero-order valence-corrected chi connectivity index (χ0v) is 13.2.